The van der Waals surface area contributed by atoms with Crippen molar-refractivity contribution >= 4 is 28.4 Å². The first kappa shape index (κ1) is 13.2. The van der Waals surface area contributed by atoms with Gasteiger partial charge >= 0.3 is 6.03 Å². The molecule has 0 radical (unpaired) electrons. The van der Waals surface area contributed by atoms with Gasteiger partial charge in [-0.25, -0.2) is 9.78 Å². The van der Waals surface area contributed by atoms with Crippen molar-refractivity contribution in [1.29, 1.82) is 0 Å². The minimum atomic E-state index is -0.265. The average molecular weight is 280 g/mol. The summed E-state index contributed by atoms with van der Waals surface area (Å²) in [5.74, 6) is 0. The molecule has 0 saturated carbocycles. The highest BCUT2D eigenvalue weighted by Gasteiger charge is 2.05. The van der Waals surface area contributed by atoms with Crippen molar-refractivity contribution in [2.45, 2.75) is 13.8 Å². The monoisotopic (exact) mass is 280 g/mol. The predicted molar refractivity (Wildman–Crippen MR) is 84.7 cm³/mol. The van der Waals surface area contributed by atoms with Crippen LogP contribution in [-0.2, 0) is 0 Å². The molecular formula is C16H16N4O. The van der Waals surface area contributed by atoms with Crippen LogP contribution in [0.5, 0.6) is 0 Å². The van der Waals surface area contributed by atoms with Gasteiger partial charge in [0.15, 0.2) is 0 Å². The molecule has 0 saturated heterocycles. The lowest BCUT2D eigenvalue weighted by atomic mass is 10.1. The zero-order chi connectivity index (χ0) is 14.8. The molecule has 21 heavy (non-hydrogen) atoms. The summed E-state index contributed by atoms with van der Waals surface area (Å²) in [6.45, 7) is 4.00. The quantitative estimate of drug-likeness (QED) is 0.667. The maximum absolute atomic E-state index is 12.0. The number of anilines is 2. The van der Waals surface area contributed by atoms with E-state index in [4.69, 9.17) is 0 Å². The van der Waals surface area contributed by atoms with Crippen LogP contribution < -0.4 is 10.6 Å². The minimum Gasteiger partial charge on any atom is -0.345 e. The molecule has 0 unspecified atom stereocenters. The molecule has 1 aromatic heterocycles. The third-order valence-corrected chi connectivity index (χ3v) is 3.16. The summed E-state index contributed by atoms with van der Waals surface area (Å²) in [5.41, 5.74) is 5.49. The summed E-state index contributed by atoms with van der Waals surface area (Å²) < 4.78 is 0. The van der Waals surface area contributed by atoms with Crippen LogP contribution in [0.2, 0.25) is 0 Å². The lowest BCUT2D eigenvalue weighted by molar-refractivity contribution is 0.262. The summed E-state index contributed by atoms with van der Waals surface area (Å²) in [7, 11) is 0. The second-order valence-electron chi connectivity index (χ2n) is 5.09. The number of H-pyrrole nitrogens is 1. The fourth-order valence-corrected chi connectivity index (χ4v) is 2.35. The number of carbonyl (C=O) groups is 1. The largest absolute Gasteiger partial charge is 0.345 e. The van der Waals surface area contributed by atoms with Gasteiger partial charge in [-0.05, 0) is 55.3 Å². The molecule has 5 nitrogen and oxygen atoms in total. The van der Waals surface area contributed by atoms with Crippen LogP contribution in [-0.4, -0.2) is 16.0 Å². The molecule has 3 aromatic rings. The number of hydrogen-bond donors (Lipinski definition) is 3. The van der Waals surface area contributed by atoms with Crippen molar-refractivity contribution in [1.82, 2.24) is 9.97 Å². The maximum Gasteiger partial charge on any atom is 0.323 e. The Labute approximate surface area is 122 Å². The molecule has 106 valence electrons. The first-order chi connectivity index (χ1) is 10.1. The predicted octanol–water partition coefficient (Wildman–Crippen LogP) is 3.82. The van der Waals surface area contributed by atoms with Gasteiger partial charge in [0.1, 0.15) is 0 Å². The van der Waals surface area contributed by atoms with Crippen LogP contribution in [0, 0.1) is 13.8 Å². The normalized spacial score (nSPS) is 10.6. The summed E-state index contributed by atoms with van der Waals surface area (Å²) in [6.07, 6.45) is 1.63. The number of hydrogen-bond acceptors (Lipinski definition) is 2. The van der Waals surface area contributed by atoms with E-state index in [1.54, 1.807) is 6.33 Å². The lowest BCUT2D eigenvalue weighted by Crippen LogP contribution is -2.19. The molecule has 1 heterocycles. The van der Waals surface area contributed by atoms with E-state index < -0.39 is 0 Å². The van der Waals surface area contributed by atoms with Crippen molar-refractivity contribution < 1.29 is 4.79 Å². The van der Waals surface area contributed by atoms with Crippen LogP contribution in [0.1, 0.15) is 11.1 Å². The van der Waals surface area contributed by atoms with Crippen molar-refractivity contribution in [3.8, 4) is 0 Å². The number of urea groups is 1. The first-order valence-electron chi connectivity index (χ1n) is 6.69. The molecule has 0 fully saturated rings. The van der Waals surface area contributed by atoms with Gasteiger partial charge < -0.3 is 15.6 Å². The molecule has 0 atom stereocenters. The third kappa shape index (κ3) is 3.02. The molecule has 2 aromatic carbocycles. The highest BCUT2D eigenvalue weighted by Crippen LogP contribution is 2.17. The Morgan fingerprint density at radius 2 is 1.71 bits per heavy atom. The van der Waals surface area contributed by atoms with Gasteiger partial charge in [0, 0.05) is 11.4 Å². The molecule has 2 amide bonds. The van der Waals surface area contributed by atoms with Gasteiger partial charge in [-0.2, -0.15) is 0 Å². The fraction of sp³-hybridized carbons (Fsp3) is 0.125. The van der Waals surface area contributed by atoms with Gasteiger partial charge in [0.05, 0.1) is 17.4 Å². The zero-order valence-electron chi connectivity index (χ0n) is 11.9. The Hall–Kier alpha value is -2.82. The van der Waals surface area contributed by atoms with E-state index in [1.165, 1.54) is 0 Å². The molecule has 0 spiro atoms. The number of aryl methyl sites for hydroxylation is 2. The number of imidazole rings is 1. The third-order valence-electron chi connectivity index (χ3n) is 3.16. The van der Waals surface area contributed by atoms with E-state index in [2.05, 4.69) is 26.7 Å². The maximum atomic E-state index is 12.0. The van der Waals surface area contributed by atoms with Crippen molar-refractivity contribution in [2.75, 3.05) is 10.6 Å². The summed E-state index contributed by atoms with van der Waals surface area (Å²) >= 11 is 0. The molecule has 0 aliphatic rings. The van der Waals surface area contributed by atoms with Gasteiger partial charge in [-0.15, -0.1) is 0 Å². The van der Waals surface area contributed by atoms with Crippen molar-refractivity contribution in [2.24, 2.45) is 0 Å². The number of fused-ring (bicyclic) bond motifs is 1. The summed E-state index contributed by atoms with van der Waals surface area (Å²) in [4.78, 5) is 19.2. The standard InChI is InChI=1S/C16H16N4O/c1-10-5-11(2)7-13(6-10)20-16(21)19-12-3-4-14-15(8-12)18-9-17-14/h3-9H,1-2H3,(H,17,18)(H2,19,20,21). The second kappa shape index (κ2) is 5.28. The number of benzene rings is 2. The van der Waals surface area contributed by atoms with Gasteiger partial charge in [-0.1, -0.05) is 6.07 Å². The van der Waals surface area contributed by atoms with Crippen LogP contribution >= 0.6 is 0 Å². The Morgan fingerprint density at radius 1 is 1.00 bits per heavy atom. The molecule has 3 rings (SSSR count). The summed E-state index contributed by atoms with van der Waals surface area (Å²) in [5, 5.41) is 5.65. The van der Waals surface area contributed by atoms with Crippen molar-refractivity contribution in [3.05, 3.63) is 53.9 Å². The van der Waals surface area contributed by atoms with E-state index in [0.717, 1.165) is 27.8 Å². The number of rotatable bonds is 2. The average Bonchev–Trinajstić information content (AvgIpc) is 2.84. The second-order valence-corrected chi connectivity index (χ2v) is 5.09. The van der Waals surface area contributed by atoms with Crippen molar-refractivity contribution in [3.63, 3.8) is 0 Å². The Bertz CT molecular complexity index is 787. The Morgan fingerprint density at radius 3 is 2.48 bits per heavy atom. The number of amides is 2. The highest BCUT2D eigenvalue weighted by molar-refractivity contribution is 6.00. The smallest absolute Gasteiger partial charge is 0.323 e. The van der Waals surface area contributed by atoms with Gasteiger partial charge in [0.2, 0.25) is 0 Å². The number of aromatic nitrogens is 2. The Balaban J connectivity index is 1.73. The molecule has 0 bridgehead atoms. The molecule has 3 N–H and O–H groups in total. The SMILES string of the molecule is Cc1cc(C)cc(NC(=O)Nc2ccc3nc[nH]c3c2)c1. The van der Waals surface area contributed by atoms with Gasteiger partial charge in [0.25, 0.3) is 0 Å². The van der Waals surface area contributed by atoms with Gasteiger partial charge in [-0.3, -0.25) is 0 Å². The zero-order valence-corrected chi connectivity index (χ0v) is 11.9. The molecule has 0 aliphatic carbocycles. The van der Waals surface area contributed by atoms with Crippen LogP contribution in [0.25, 0.3) is 11.0 Å². The summed E-state index contributed by atoms with van der Waals surface area (Å²) in [6, 6.07) is 11.2. The lowest BCUT2D eigenvalue weighted by Gasteiger charge is -2.09. The number of carbonyl (C=O) groups excluding carboxylic acids is 1. The first-order valence-corrected chi connectivity index (χ1v) is 6.69. The van der Waals surface area contributed by atoms with Crippen LogP contribution in [0.4, 0.5) is 16.2 Å². The van der Waals surface area contributed by atoms with E-state index in [9.17, 15) is 4.79 Å². The number of nitrogens with one attached hydrogen (secondary N) is 3. The van der Waals surface area contributed by atoms with Crippen LogP contribution in [0.3, 0.4) is 0 Å². The highest BCUT2D eigenvalue weighted by atomic mass is 16.2. The molecular weight excluding hydrogens is 264 g/mol. The minimum absolute atomic E-state index is 0.265. The fourth-order valence-electron chi connectivity index (χ4n) is 2.35. The van der Waals surface area contributed by atoms with Crippen LogP contribution in [0.15, 0.2) is 42.7 Å². The number of aromatic amines is 1. The molecule has 5 heteroatoms. The molecule has 0 aliphatic heterocycles. The van der Waals surface area contributed by atoms with E-state index in [1.807, 2.05) is 44.2 Å². The topological polar surface area (TPSA) is 69.8 Å². The van der Waals surface area contributed by atoms with E-state index in [0.29, 0.717) is 5.69 Å². The van der Waals surface area contributed by atoms with E-state index in [-0.39, 0.29) is 6.03 Å². The Kier molecular flexibility index (Phi) is 3.31. The number of nitrogens with zero attached hydrogens (tertiary/aromatic N) is 1. The van der Waals surface area contributed by atoms with E-state index >= 15 is 0 Å².